The van der Waals surface area contributed by atoms with Crippen LogP contribution in [-0.4, -0.2) is 69.7 Å². The summed E-state index contributed by atoms with van der Waals surface area (Å²) in [4.78, 5) is 37.9. The molecule has 0 bridgehead atoms. The predicted octanol–water partition coefficient (Wildman–Crippen LogP) is 8.53. The standard InChI is InChI=1S/C25H28O6.C18H14Cl2O7/c1-24(2)9-8-16-20(30-24)7-6-14(23(16)29-5)11-18(26)17-10-15-12-22(28)25(3,4)31-21(15)13-19(17)27;1-5-9-16(11(20)13(22)10(5)19)26-14-6(2)8(17(23)25-4)12(21)7(3)15(14)27-18(9)24/h6-10,13,22,27-28H,11-12H2,1-5H3;21-22H,1-4H3. The lowest BCUT2D eigenvalue weighted by atomic mass is 9.89. The summed E-state index contributed by atoms with van der Waals surface area (Å²) in [5.41, 5.74) is 1.48. The van der Waals surface area contributed by atoms with Gasteiger partial charge in [0, 0.05) is 35.6 Å². The maximum absolute atomic E-state index is 13.1. The Labute approximate surface area is 344 Å². The highest BCUT2D eigenvalue weighted by Crippen LogP contribution is 2.53. The maximum Gasteiger partial charge on any atom is 0.347 e. The van der Waals surface area contributed by atoms with E-state index < -0.39 is 40.7 Å². The van der Waals surface area contributed by atoms with E-state index in [0.717, 1.165) is 5.56 Å². The van der Waals surface area contributed by atoms with Gasteiger partial charge in [-0.05, 0) is 83.9 Å². The van der Waals surface area contributed by atoms with Gasteiger partial charge in [-0.15, -0.1) is 0 Å². The Morgan fingerprint density at radius 1 is 0.862 bits per heavy atom. The average molecular weight is 838 g/mol. The van der Waals surface area contributed by atoms with E-state index in [2.05, 4.69) is 0 Å². The van der Waals surface area contributed by atoms with Crippen LogP contribution < -0.4 is 23.7 Å². The van der Waals surface area contributed by atoms with Gasteiger partial charge >= 0.3 is 11.9 Å². The summed E-state index contributed by atoms with van der Waals surface area (Å²) >= 11 is 12.2. The molecular weight excluding hydrogens is 795 g/mol. The highest BCUT2D eigenvalue weighted by molar-refractivity contribution is 6.39. The Morgan fingerprint density at radius 3 is 2.19 bits per heavy atom. The summed E-state index contributed by atoms with van der Waals surface area (Å²) < 4.78 is 33.3. The molecule has 0 saturated heterocycles. The normalized spacial score (nSPS) is 16.6. The molecule has 1 unspecified atom stereocenters. The zero-order valence-corrected chi connectivity index (χ0v) is 34.7. The average Bonchev–Trinajstić information content (AvgIpc) is 3.32. The van der Waals surface area contributed by atoms with Crippen molar-refractivity contribution < 1.29 is 63.2 Å². The number of phenolic OH excluding ortho intramolecular Hbond substituents is 3. The van der Waals surface area contributed by atoms with Crippen LogP contribution in [-0.2, 0) is 17.6 Å². The van der Waals surface area contributed by atoms with Crippen molar-refractivity contribution in [1.82, 2.24) is 0 Å². The minimum Gasteiger partial charge on any atom is -0.507 e. The second kappa shape index (κ2) is 15.3. The van der Waals surface area contributed by atoms with Crippen molar-refractivity contribution in [3.8, 4) is 51.7 Å². The van der Waals surface area contributed by atoms with Crippen LogP contribution in [0.2, 0.25) is 10.0 Å². The third kappa shape index (κ3) is 7.34. The van der Waals surface area contributed by atoms with Crippen molar-refractivity contribution in [2.45, 2.75) is 78.6 Å². The molecule has 0 saturated carbocycles. The molecule has 15 heteroatoms. The third-order valence-corrected chi connectivity index (χ3v) is 11.1. The predicted molar refractivity (Wildman–Crippen MR) is 214 cm³/mol. The zero-order chi connectivity index (χ0) is 42.8. The molecule has 7 rings (SSSR count). The van der Waals surface area contributed by atoms with Crippen LogP contribution >= 0.6 is 23.2 Å². The first-order valence-electron chi connectivity index (χ1n) is 18.0. The summed E-state index contributed by atoms with van der Waals surface area (Å²) in [6, 6.07) is 6.72. The molecule has 3 aliphatic rings. The smallest absolute Gasteiger partial charge is 0.347 e. The second-order valence-electron chi connectivity index (χ2n) is 15.1. The molecule has 0 aromatic heterocycles. The molecule has 4 aromatic rings. The monoisotopic (exact) mass is 836 g/mol. The van der Waals surface area contributed by atoms with Crippen molar-refractivity contribution in [1.29, 1.82) is 0 Å². The van der Waals surface area contributed by atoms with Gasteiger partial charge < -0.3 is 48.8 Å². The highest BCUT2D eigenvalue weighted by Gasteiger charge is 2.38. The number of rotatable bonds is 5. The number of methoxy groups -OCH3 is 2. The van der Waals surface area contributed by atoms with Crippen LogP contribution in [0.1, 0.15) is 92.1 Å². The van der Waals surface area contributed by atoms with E-state index in [1.165, 1.54) is 33.9 Å². The quantitative estimate of drug-likeness (QED) is 0.0852. The number of hydrogen-bond acceptors (Lipinski definition) is 13. The van der Waals surface area contributed by atoms with E-state index in [-0.39, 0.29) is 78.6 Å². The van der Waals surface area contributed by atoms with Gasteiger partial charge in [0.2, 0.25) is 0 Å². The largest absolute Gasteiger partial charge is 0.507 e. The fourth-order valence-corrected chi connectivity index (χ4v) is 7.37. The first-order chi connectivity index (χ1) is 27.1. The number of phenols is 3. The molecule has 1 atom stereocenters. The molecule has 0 aliphatic carbocycles. The number of benzene rings is 4. The summed E-state index contributed by atoms with van der Waals surface area (Å²) in [5, 5.41) is 40.9. The van der Waals surface area contributed by atoms with Gasteiger partial charge in [-0.25, -0.2) is 9.59 Å². The lowest BCUT2D eigenvalue weighted by Crippen LogP contribution is -2.46. The Hall–Kier alpha value is -5.63. The Balaban J connectivity index is 0.000000198. The highest BCUT2D eigenvalue weighted by atomic mass is 35.5. The minimum atomic E-state index is -0.835. The summed E-state index contributed by atoms with van der Waals surface area (Å²) in [7, 11) is 2.73. The number of Topliss-reactive ketones (excluding diaryl/α,β-unsaturated/α-hetero) is 1. The van der Waals surface area contributed by atoms with Crippen molar-refractivity contribution in [2.75, 3.05) is 14.2 Å². The SMILES string of the molecule is COC(=O)c1c(C)c2c(c(C)c1O)OC(=O)c1c(C)c(Cl)c(O)c(Cl)c1O2.COc1c(CC(=O)c2cc3c(cc2O)OC(C)(C)C(O)C3)ccc2c1C=CC(C)(C)O2. The van der Waals surface area contributed by atoms with Gasteiger partial charge in [0.15, 0.2) is 28.8 Å². The molecule has 3 aliphatic heterocycles. The first-order valence-corrected chi connectivity index (χ1v) is 18.8. The number of carbonyl (C=O) groups is 3. The van der Waals surface area contributed by atoms with Gasteiger partial charge in [-0.2, -0.15) is 0 Å². The Kier molecular flexibility index (Phi) is 11.1. The topological polar surface area (TPSA) is 188 Å². The molecule has 4 aromatic carbocycles. The Bertz CT molecular complexity index is 2450. The van der Waals surface area contributed by atoms with Crippen molar-refractivity contribution in [3.05, 3.63) is 90.5 Å². The van der Waals surface area contributed by atoms with Crippen LogP contribution in [0.3, 0.4) is 0 Å². The van der Waals surface area contributed by atoms with E-state index >= 15 is 0 Å². The molecule has 4 N–H and O–H groups in total. The number of aliphatic hydroxyl groups excluding tert-OH is 1. The molecule has 0 radical (unpaired) electrons. The first kappa shape index (κ1) is 42.0. The number of aromatic hydroxyl groups is 3. The number of aliphatic hydroxyl groups is 1. The summed E-state index contributed by atoms with van der Waals surface area (Å²) in [6.45, 7) is 11.9. The van der Waals surface area contributed by atoms with Gasteiger partial charge in [0.05, 0.1) is 36.5 Å². The van der Waals surface area contributed by atoms with Crippen LogP contribution in [0.25, 0.3) is 6.08 Å². The molecule has 58 heavy (non-hydrogen) atoms. The minimum absolute atomic E-state index is 0.0131. The van der Waals surface area contributed by atoms with Gasteiger partial charge in [0.1, 0.15) is 56.1 Å². The second-order valence-corrected chi connectivity index (χ2v) is 15.9. The van der Waals surface area contributed by atoms with Crippen LogP contribution in [0, 0.1) is 20.8 Å². The number of halogens is 2. The molecule has 306 valence electrons. The van der Waals surface area contributed by atoms with Gasteiger partial charge in [0.25, 0.3) is 0 Å². The maximum atomic E-state index is 13.1. The van der Waals surface area contributed by atoms with E-state index in [0.29, 0.717) is 34.8 Å². The lowest BCUT2D eigenvalue weighted by molar-refractivity contribution is -0.0412. The van der Waals surface area contributed by atoms with Crippen molar-refractivity contribution >= 4 is 47.0 Å². The fraction of sp³-hybridized carbons (Fsp3) is 0.326. The van der Waals surface area contributed by atoms with Gasteiger partial charge in [-0.1, -0.05) is 29.3 Å². The number of fused-ring (bicyclic) bond motifs is 4. The summed E-state index contributed by atoms with van der Waals surface area (Å²) in [6.07, 6.45) is 3.59. The number of ether oxygens (including phenoxy) is 6. The number of esters is 2. The van der Waals surface area contributed by atoms with Crippen LogP contribution in [0.5, 0.6) is 51.7 Å². The molecule has 3 heterocycles. The zero-order valence-electron chi connectivity index (χ0n) is 33.2. The fourth-order valence-electron chi connectivity index (χ4n) is 6.90. The van der Waals surface area contributed by atoms with Crippen LogP contribution in [0.15, 0.2) is 30.3 Å². The molecule has 0 amide bonds. The summed E-state index contributed by atoms with van der Waals surface area (Å²) in [5.74, 6) is -1.36. The van der Waals surface area contributed by atoms with E-state index in [4.69, 9.17) is 51.6 Å². The van der Waals surface area contributed by atoms with E-state index in [9.17, 15) is 34.8 Å². The van der Waals surface area contributed by atoms with Gasteiger partial charge in [-0.3, -0.25) is 4.79 Å². The van der Waals surface area contributed by atoms with E-state index in [1.807, 2.05) is 38.1 Å². The number of carbonyl (C=O) groups excluding carboxylic acids is 3. The lowest BCUT2D eigenvalue weighted by Gasteiger charge is -2.37. The molecule has 0 fully saturated rings. The Morgan fingerprint density at radius 2 is 1.53 bits per heavy atom. The van der Waals surface area contributed by atoms with Crippen LogP contribution in [0.4, 0.5) is 0 Å². The third-order valence-electron chi connectivity index (χ3n) is 10.3. The van der Waals surface area contributed by atoms with Crippen molar-refractivity contribution in [2.24, 2.45) is 0 Å². The molecular formula is C43H42Cl2O13. The number of hydrogen-bond donors (Lipinski definition) is 4. The number of ketones is 1. The molecule has 13 nitrogen and oxygen atoms in total. The van der Waals surface area contributed by atoms with E-state index in [1.54, 1.807) is 27.0 Å². The molecule has 0 spiro atoms. The van der Waals surface area contributed by atoms with Crippen molar-refractivity contribution in [3.63, 3.8) is 0 Å².